The van der Waals surface area contributed by atoms with E-state index < -0.39 is 11.9 Å². The number of halogens is 2. The van der Waals surface area contributed by atoms with E-state index in [1.807, 2.05) is 0 Å². The monoisotopic (exact) mass is 189 g/mol. The summed E-state index contributed by atoms with van der Waals surface area (Å²) in [5.41, 5.74) is 5.48. The minimum absolute atomic E-state index is 0.0579. The zero-order valence-corrected chi connectivity index (χ0v) is 7.27. The molecule has 4 heteroatoms. The molecule has 2 nitrogen and oxygen atoms in total. The van der Waals surface area contributed by atoms with Gasteiger partial charge in [-0.25, -0.2) is 4.39 Å². The second-order valence-corrected chi connectivity index (χ2v) is 2.99. The fourth-order valence-electron chi connectivity index (χ4n) is 0.990. The maximum Gasteiger partial charge on any atom is 0.141 e. The van der Waals surface area contributed by atoms with Gasteiger partial charge >= 0.3 is 0 Å². The van der Waals surface area contributed by atoms with Crippen LogP contribution in [0.25, 0.3) is 0 Å². The Hall–Kier alpha value is -0.800. The topological polar surface area (TPSA) is 46.2 Å². The Kier molecular flexibility index (Phi) is 2.55. The SMILES string of the molecule is CC(N)c1c(F)ccc(Cl)c1O. The van der Waals surface area contributed by atoms with Gasteiger partial charge in [0.1, 0.15) is 11.6 Å². The molecule has 66 valence electrons. The summed E-state index contributed by atoms with van der Waals surface area (Å²) in [4.78, 5) is 0. The van der Waals surface area contributed by atoms with E-state index in [-0.39, 0.29) is 16.3 Å². The highest BCUT2D eigenvalue weighted by Gasteiger charge is 2.14. The minimum Gasteiger partial charge on any atom is -0.506 e. The van der Waals surface area contributed by atoms with E-state index >= 15 is 0 Å². The predicted molar refractivity (Wildman–Crippen MR) is 45.7 cm³/mol. The summed E-state index contributed by atoms with van der Waals surface area (Å²) in [6.07, 6.45) is 0. The van der Waals surface area contributed by atoms with Gasteiger partial charge in [-0.3, -0.25) is 0 Å². The van der Waals surface area contributed by atoms with Gasteiger partial charge < -0.3 is 10.8 Å². The van der Waals surface area contributed by atoms with E-state index in [2.05, 4.69) is 0 Å². The molecule has 0 aliphatic carbocycles. The maximum absolute atomic E-state index is 13.0. The summed E-state index contributed by atoms with van der Waals surface area (Å²) in [7, 11) is 0. The van der Waals surface area contributed by atoms with Crippen LogP contribution in [0.5, 0.6) is 5.75 Å². The number of benzene rings is 1. The first kappa shape index (κ1) is 9.29. The van der Waals surface area contributed by atoms with Crippen molar-refractivity contribution in [2.75, 3.05) is 0 Å². The highest BCUT2D eigenvalue weighted by atomic mass is 35.5. The number of rotatable bonds is 1. The van der Waals surface area contributed by atoms with Crippen LogP contribution in [0.4, 0.5) is 4.39 Å². The summed E-state index contributed by atoms with van der Waals surface area (Å²) in [6.45, 7) is 1.58. The Balaban J connectivity index is 3.33. The normalized spacial score (nSPS) is 13.0. The van der Waals surface area contributed by atoms with Crippen LogP contribution in [0.3, 0.4) is 0 Å². The smallest absolute Gasteiger partial charge is 0.141 e. The molecule has 3 N–H and O–H groups in total. The molecular formula is C8H9ClFNO. The van der Waals surface area contributed by atoms with Gasteiger partial charge in [-0.05, 0) is 19.1 Å². The Bertz CT molecular complexity index is 301. The number of phenols is 1. The van der Waals surface area contributed by atoms with E-state index in [1.54, 1.807) is 6.92 Å². The summed E-state index contributed by atoms with van der Waals surface area (Å²) in [5, 5.41) is 9.41. The van der Waals surface area contributed by atoms with Crippen LogP contribution < -0.4 is 5.73 Å². The van der Waals surface area contributed by atoms with Crippen LogP contribution in [0, 0.1) is 5.82 Å². The van der Waals surface area contributed by atoms with Crippen LogP contribution >= 0.6 is 11.6 Å². The fraction of sp³-hybridized carbons (Fsp3) is 0.250. The largest absolute Gasteiger partial charge is 0.506 e. The van der Waals surface area contributed by atoms with Crippen LogP contribution in [-0.4, -0.2) is 5.11 Å². The molecule has 0 aliphatic rings. The fourth-order valence-corrected chi connectivity index (χ4v) is 1.15. The van der Waals surface area contributed by atoms with Crippen molar-refractivity contribution in [1.29, 1.82) is 0 Å². The summed E-state index contributed by atoms with van der Waals surface area (Å²) in [6, 6.07) is 1.91. The third-order valence-corrected chi connectivity index (χ3v) is 1.87. The van der Waals surface area contributed by atoms with Crippen molar-refractivity contribution in [2.24, 2.45) is 5.73 Å². The molecule has 1 unspecified atom stereocenters. The zero-order chi connectivity index (χ0) is 9.30. The van der Waals surface area contributed by atoms with Crippen molar-refractivity contribution in [3.05, 3.63) is 28.5 Å². The molecule has 0 heterocycles. The van der Waals surface area contributed by atoms with Crippen LogP contribution in [0.2, 0.25) is 5.02 Å². The Morgan fingerprint density at radius 3 is 2.58 bits per heavy atom. The molecule has 0 amide bonds. The van der Waals surface area contributed by atoms with Crippen LogP contribution in [-0.2, 0) is 0 Å². The van der Waals surface area contributed by atoms with E-state index in [0.29, 0.717) is 0 Å². The van der Waals surface area contributed by atoms with Crippen LogP contribution in [0.15, 0.2) is 12.1 Å². The van der Waals surface area contributed by atoms with E-state index in [0.717, 1.165) is 0 Å². The lowest BCUT2D eigenvalue weighted by Crippen LogP contribution is -2.07. The molecule has 0 radical (unpaired) electrons. The van der Waals surface area contributed by atoms with Crippen molar-refractivity contribution in [3.63, 3.8) is 0 Å². The van der Waals surface area contributed by atoms with E-state index in [9.17, 15) is 9.50 Å². The standard InChI is InChI=1S/C8H9ClFNO/c1-4(11)7-6(10)3-2-5(9)8(7)12/h2-4,12H,11H2,1H3. The summed E-state index contributed by atoms with van der Waals surface area (Å²) < 4.78 is 13.0. The molecule has 0 spiro atoms. The Labute approximate surface area is 74.8 Å². The number of aromatic hydroxyl groups is 1. The average molecular weight is 190 g/mol. The van der Waals surface area contributed by atoms with Gasteiger partial charge in [0.2, 0.25) is 0 Å². The number of hydrogen-bond donors (Lipinski definition) is 2. The van der Waals surface area contributed by atoms with Crippen molar-refractivity contribution in [3.8, 4) is 5.75 Å². The summed E-state index contributed by atoms with van der Waals surface area (Å²) >= 11 is 5.56. The molecule has 0 aromatic heterocycles. The molecular weight excluding hydrogens is 181 g/mol. The average Bonchev–Trinajstić information content (AvgIpc) is 1.97. The molecule has 0 saturated carbocycles. The third-order valence-electron chi connectivity index (χ3n) is 1.57. The van der Waals surface area contributed by atoms with Crippen molar-refractivity contribution < 1.29 is 9.50 Å². The number of phenolic OH excluding ortho intramolecular Hbond substituents is 1. The molecule has 1 aromatic rings. The first-order chi connectivity index (χ1) is 5.54. The molecule has 0 bridgehead atoms. The molecule has 0 aliphatic heterocycles. The molecule has 0 saturated heterocycles. The van der Waals surface area contributed by atoms with Crippen molar-refractivity contribution in [2.45, 2.75) is 13.0 Å². The van der Waals surface area contributed by atoms with Gasteiger partial charge in [-0.1, -0.05) is 11.6 Å². The minimum atomic E-state index is -0.566. The molecule has 12 heavy (non-hydrogen) atoms. The first-order valence-corrected chi connectivity index (χ1v) is 3.84. The molecule has 1 aromatic carbocycles. The second-order valence-electron chi connectivity index (χ2n) is 2.58. The van der Waals surface area contributed by atoms with E-state index in [1.165, 1.54) is 12.1 Å². The lowest BCUT2D eigenvalue weighted by Gasteiger charge is -2.10. The zero-order valence-electron chi connectivity index (χ0n) is 6.51. The van der Waals surface area contributed by atoms with Gasteiger partial charge in [0.25, 0.3) is 0 Å². The maximum atomic E-state index is 13.0. The van der Waals surface area contributed by atoms with Crippen molar-refractivity contribution in [1.82, 2.24) is 0 Å². The van der Waals surface area contributed by atoms with Gasteiger partial charge in [0.05, 0.1) is 5.02 Å². The Morgan fingerprint density at radius 2 is 2.17 bits per heavy atom. The lowest BCUT2D eigenvalue weighted by atomic mass is 10.1. The van der Waals surface area contributed by atoms with Crippen molar-refractivity contribution >= 4 is 11.6 Å². The lowest BCUT2D eigenvalue weighted by molar-refractivity contribution is 0.452. The van der Waals surface area contributed by atoms with Gasteiger partial charge in [-0.15, -0.1) is 0 Å². The molecule has 1 atom stereocenters. The highest BCUT2D eigenvalue weighted by Crippen LogP contribution is 2.32. The van der Waals surface area contributed by atoms with Gasteiger partial charge in [0.15, 0.2) is 0 Å². The predicted octanol–water partition coefficient (Wildman–Crippen LogP) is 2.20. The van der Waals surface area contributed by atoms with Gasteiger partial charge in [0, 0.05) is 11.6 Å². The number of nitrogens with two attached hydrogens (primary N) is 1. The summed E-state index contributed by atoms with van der Waals surface area (Å²) in [5.74, 6) is -0.807. The Morgan fingerprint density at radius 1 is 1.58 bits per heavy atom. The third kappa shape index (κ3) is 1.52. The first-order valence-electron chi connectivity index (χ1n) is 3.46. The van der Waals surface area contributed by atoms with Gasteiger partial charge in [-0.2, -0.15) is 0 Å². The van der Waals surface area contributed by atoms with E-state index in [4.69, 9.17) is 17.3 Å². The van der Waals surface area contributed by atoms with Crippen LogP contribution in [0.1, 0.15) is 18.5 Å². The highest BCUT2D eigenvalue weighted by molar-refractivity contribution is 6.32. The number of hydrogen-bond acceptors (Lipinski definition) is 2. The quantitative estimate of drug-likeness (QED) is 0.712. The molecule has 1 rings (SSSR count). The molecule has 0 fully saturated rings. The second kappa shape index (κ2) is 3.29.